The van der Waals surface area contributed by atoms with Crippen molar-refractivity contribution in [1.29, 1.82) is 0 Å². The second-order valence-electron chi connectivity index (χ2n) is 6.58. The quantitative estimate of drug-likeness (QED) is 0.567. The summed E-state index contributed by atoms with van der Waals surface area (Å²) in [6.45, 7) is 3.60. The first kappa shape index (κ1) is 19.4. The van der Waals surface area contributed by atoms with Gasteiger partial charge in [-0.15, -0.1) is 5.10 Å². The van der Waals surface area contributed by atoms with Gasteiger partial charge in [-0.1, -0.05) is 47.7 Å². The molecule has 0 N–H and O–H groups in total. The summed E-state index contributed by atoms with van der Waals surface area (Å²) in [6.07, 6.45) is 5.00. The SMILES string of the molecule is Cc1cccc(OCCN(C)C(=O)C=Cc2cn(Cc3ccccc3)nn2)c1. The van der Waals surface area contributed by atoms with Crippen LogP contribution in [0, 0.1) is 6.92 Å². The molecule has 0 radical (unpaired) electrons. The Kier molecular flexibility index (Phi) is 6.57. The highest BCUT2D eigenvalue weighted by Crippen LogP contribution is 2.12. The van der Waals surface area contributed by atoms with Gasteiger partial charge in [0.05, 0.1) is 19.3 Å². The number of benzene rings is 2. The Bertz CT molecular complexity index is 934. The van der Waals surface area contributed by atoms with Crippen LogP contribution in [-0.2, 0) is 11.3 Å². The standard InChI is InChI=1S/C22H24N4O2/c1-18-7-6-10-21(15-18)28-14-13-25(2)22(27)12-11-20-17-26(24-23-20)16-19-8-4-3-5-9-19/h3-12,15,17H,13-14,16H2,1-2H3. The lowest BCUT2D eigenvalue weighted by molar-refractivity contribution is -0.125. The molecule has 144 valence electrons. The molecule has 3 aromatic rings. The molecule has 0 fully saturated rings. The van der Waals surface area contributed by atoms with Crippen molar-refractivity contribution in [1.82, 2.24) is 19.9 Å². The minimum absolute atomic E-state index is 0.106. The highest BCUT2D eigenvalue weighted by molar-refractivity contribution is 5.91. The zero-order chi connectivity index (χ0) is 19.8. The molecule has 3 rings (SSSR count). The van der Waals surface area contributed by atoms with Crippen molar-refractivity contribution in [3.63, 3.8) is 0 Å². The molecule has 2 aromatic carbocycles. The van der Waals surface area contributed by atoms with Gasteiger partial charge >= 0.3 is 0 Å². The van der Waals surface area contributed by atoms with Gasteiger partial charge in [-0.2, -0.15) is 0 Å². The number of rotatable bonds is 8. The van der Waals surface area contributed by atoms with E-state index in [1.165, 1.54) is 6.08 Å². The number of nitrogens with zero attached hydrogens (tertiary/aromatic N) is 4. The molecule has 6 nitrogen and oxygen atoms in total. The topological polar surface area (TPSA) is 60.2 Å². The minimum atomic E-state index is -0.106. The molecule has 1 heterocycles. The summed E-state index contributed by atoms with van der Waals surface area (Å²) in [4.78, 5) is 13.9. The summed E-state index contributed by atoms with van der Waals surface area (Å²) in [5.41, 5.74) is 2.94. The fourth-order valence-corrected chi connectivity index (χ4v) is 2.64. The fraction of sp³-hybridized carbons (Fsp3) is 0.227. The van der Waals surface area contributed by atoms with Gasteiger partial charge in [0.25, 0.3) is 0 Å². The van der Waals surface area contributed by atoms with Crippen molar-refractivity contribution in [2.24, 2.45) is 0 Å². The summed E-state index contributed by atoms with van der Waals surface area (Å²) in [6, 6.07) is 17.9. The van der Waals surface area contributed by atoms with Crippen LogP contribution < -0.4 is 4.74 Å². The highest BCUT2D eigenvalue weighted by Gasteiger charge is 2.06. The molecule has 28 heavy (non-hydrogen) atoms. The van der Waals surface area contributed by atoms with Gasteiger partial charge in [-0.05, 0) is 36.3 Å². The largest absolute Gasteiger partial charge is 0.492 e. The van der Waals surface area contributed by atoms with E-state index in [1.807, 2.05) is 67.7 Å². The molecule has 0 aliphatic rings. The molecule has 0 unspecified atom stereocenters. The predicted molar refractivity (Wildman–Crippen MR) is 109 cm³/mol. The number of carbonyl (C=O) groups excluding carboxylic acids is 1. The Labute approximate surface area is 165 Å². The van der Waals surface area contributed by atoms with Crippen LogP contribution >= 0.6 is 0 Å². The fourth-order valence-electron chi connectivity index (χ4n) is 2.64. The molecule has 1 aromatic heterocycles. The number of likely N-dealkylation sites (N-methyl/N-ethyl adjacent to an activating group) is 1. The Hall–Kier alpha value is -3.41. The van der Waals surface area contributed by atoms with Crippen molar-refractivity contribution in [3.05, 3.63) is 83.7 Å². The van der Waals surface area contributed by atoms with Gasteiger partial charge in [-0.3, -0.25) is 4.79 Å². The van der Waals surface area contributed by atoms with E-state index in [1.54, 1.807) is 22.7 Å². The normalized spacial score (nSPS) is 10.9. The Balaban J connectivity index is 1.46. The molecule has 0 saturated carbocycles. The average molecular weight is 376 g/mol. The zero-order valence-electron chi connectivity index (χ0n) is 16.2. The lowest BCUT2D eigenvalue weighted by Gasteiger charge is -2.15. The van der Waals surface area contributed by atoms with Crippen LogP contribution in [0.25, 0.3) is 6.08 Å². The molecule has 0 atom stereocenters. The predicted octanol–water partition coefficient (Wildman–Crippen LogP) is 3.19. The number of carbonyl (C=O) groups is 1. The molecule has 0 aliphatic heterocycles. The van der Waals surface area contributed by atoms with Gasteiger partial charge < -0.3 is 9.64 Å². The molecule has 0 bridgehead atoms. The zero-order valence-corrected chi connectivity index (χ0v) is 16.2. The van der Waals surface area contributed by atoms with Crippen LogP contribution in [0.5, 0.6) is 5.75 Å². The van der Waals surface area contributed by atoms with Crippen molar-refractivity contribution < 1.29 is 9.53 Å². The minimum Gasteiger partial charge on any atom is -0.492 e. The number of ether oxygens (including phenoxy) is 1. The maximum Gasteiger partial charge on any atom is 0.246 e. The Morgan fingerprint density at radius 3 is 2.79 bits per heavy atom. The summed E-state index contributed by atoms with van der Waals surface area (Å²) in [5.74, 6) is 0.705. The monoisotopic (exact) mass is 376 g/mol. The van der Waals surface area contributed by atoms with Gasteiger partial charge in [0.2, 0.25) is 5.91 Å². The third-order valence-electron chi connectivity index (χ3n) is 4.20. The first-order valence-corrected chi connectivity index (χ1v) is 9.17. The average Bonchev–Trinajstić information content (AvgIpc) is 3.14. The van der Waals surface area contributed by atoms with E-state index >= 15 is 0 Å². The van der Waals surface area contributed by atoms with Gasteiger partial charge in [-0.25, -0.2) is 4.68 Å². The second kappa shape index (κ2) is 9.50. The number of aryl methyl sites for hydroxylation is 1. The van der Waals surface area contributed by atoms with E-state index in [9.17, 15) is 4.79 Å². The first-order valence-electron chi connectivity index (χ1n) is 9.17. The van der Waals surface area contributed by atoms with Crippen molar-refractivity contribution in [3.8, 4) is 5.75 Å². The van der Waals surface area contributed by atoms with E-state index in [0.717, 1.165) is 16.9 Å². The number of amides is 1. The molecular formula is C22H24N4O2. The molecular weight excluding hydrogens is 352 g/mol. The van der Waals surface area contributed by atoms with E-state index in [-0.39, 0.29) is 5.91 Å². The highest BCUT2D eigenvalue weighted by atomic mass is 16.5. The van der Waals surface area contributed by atoms with Crippen LogP contribution in [0.4, 0.5) is 0 Å². The molecule has 0 spiro atoms. The maximum atomic E-state index is 12.2. The third kappa shape index (κ3) is 5.81. The smallest absolute Gasteiger partial charge is 0.246 e. The third-order valence-corrected chi connectivity index (χ3v) is 4.20. The van der Waals surface area contributed by atoms with Crippen LogP contribution in [-0.4, -0.2) is 46.0 Å². The van der Waals surface area contributed by atoms with Crippen molar-refractivity contribution in [2.75, 3.05) is 20.2 Å². The number of aromatic nitrogens is 3. The van der Waals surface area contributed by atoms with Crippen molar-refractivity contribution >= 4 is 12.0 Å². The van der Waals surface area contributed by atoms with Gasteiger partial charge in [0.1, 0.15) is 18.1 Å². The van der Waals surface area contributed by atoms with Gasteiger partial charge in [0, 0.05) is 13.1 Å². The lowest BCUT2D eigenvalue weighted by atomic mass is 10.2. The number of hydrogen-bond acceptors (Lipinski definition) is 4. The summed E-state index contributed by atoms with van der Waals surface area (Å²) < 4.78 is 7.44. The molecule has 6 heteroatoms. The van der Waals surface area contributed by atoms with E-state index in [2.05, 4.69) is 10.3 Å². The summed E-state index contributed by atoms with van der Waals surface area (Å²) in [5, 5.41) is 8.18. The van der Waals surface area contributed by atoms with E-state index in [4.69, 9.17) is 4.74 Å². The first-order chi connectivity index (χ1) is 13.6. The Morgan fingerprint density at radius 2 is 2.00 bits per heavy atom. The van der Waals surface area contributed by atoms with Crippen LogP contribution in [0.15, 0.2) is 66.9 Å². The molecule has 0 saturated heterocycles. The van der Waals surface area contributed by atoms with Crippen LogP contribution in [0.3, 0.4) is 0 Å². The van der Waals surface area contributed by atoms with E-state index < -0.39 is 0 Å². The molecule has 0 aliphatic carbocycles. The number of hydrogen-bond donors (Lipinski definition) is 0. The Morgan fingerprint density at radius 1 is 1.18 bits per heavy atom. The lowest BCUT2D eigenvalue weighted by Crippen LogP contribution is -2.29. The molecule has 1 amide bonds. The summed E-state index contributed by atoms with van der Waals surface area (Å²) in [7, 11) is 1.75. The maximum absolute atomic E-state index is 12.2. The summed E-state index contributed by atoms with van der Waals surface area (Å²) >= 11 is 0. The van der Waals surface area contributed by atoms with E-state index in [0.29, 0.717) is 25.4 Å². The van der Waals surface area contributed by atoms with Crippen LogP contribution in [0.2, 0.25) is 0 Å². The van der Waals surface area contributed by atoms with Gasteiger partial charge in [0.15, 0.2) is 0 Å². The van der Waals surface area contributed by atoms with Crippen LogP contribution in [0.1, 0.15) is 16.8 Å². The second-order valence-corrected chi connectivity index (χ2v) is 6.58. The van der Waals surface area contributed by atoms with Crippen molar-refractivity contribution in [2.45, 2.75) is 13.5 Å².